The molecule has 0 aliphatic carbocycles. The van der Waals surface area contributed by atoms with E-state index in [1.807, 2.05) is 25.7 Å². The van der Waals surface area contributed by atoms with Crippen LogP contribution in [0.5, 0.6) is 0 Å². The van der Waals surface area contributed by atoms with Crippen LogP contribution in [0.3, 0.4) is 0 Å². The Morgan fingerprint density at radius 1 is 0.760 bits per heavy atom. The molecule has 1 aliphatic heterocycles. The van der Waals surface area contributed by atoms with Crippen LogP contribution in [0.4, 0.5) is 0 Å². The molecule has 1 fully saturated rings. The van der Waals surface area contributed by atoms with E-state index in [-0.39, 0.29) is 31.1 Å². The van der Waals surface area contributed by atoms with E-state index in [4.69, 9.17) is 10.2 Å². The van der Waals surface area contributed by atoms with Gasteiger partial charge in [0.2, 0.25) is 5.91 Å². The topological polar surface area (TPSA) is 113 Å². The Balaban J connectivity index is 2.72. The third kappa shape index (κ3) is 10.0. The second-order valence-electron chi connectivity index (χ2n) is 7.41. The molecule has 9 heteroatoms. The summed E-state index contributed by atoms with van der Waals surface area (Å²) in [6.45, 7) is 8.89. The lowest BCUT2D eigenvalue weighted by molar-refractivity contribution is -0.140. The maximum absolute atomic E-state index is 12.2. The normalized spacial score (nSPS) is 18.8. The predicted molar refractivity (Wildman–Crippen MR) is 92.5 cm³/mol. The van der Waals surface area contributed by atoms with Crippen LogP contribution < -0.4 is 5.32 Å². The number of nitrogens with one attached hydrogen (secondary N) is 1. The van der Waals surface area contributed by atoms with Gasteiger partial charge in [0.05, 0.1) is 19.6 Å². The Morgan fingerprint density at radius 3 is 1.36 bits per heavy atom. The van der Waals surface area contributed by atoms with Gasteiger partial charge in [-0.05, 0) is 20.8 Å². The highest BCUT2D eigenvalue weighted by atomic mass is 16.4. The maximum atomic E-state index is 12.2. The Labute approximate surface area is 148 Å². The van der Waals surface area contributed by atoms with Gasteiger partial charge in [0.15, 0.2) is 0 Å². The lowest BCUT2D eigenvalue weighted by Gasteiger charge is -2.27. The molecule has 0 aromatic heterocycles. The van der Waals surface area contributed by atoms with E-state index in [2.05, 4.69) is 5.32 Å². The Bertz CT molecular complexity index is 450. The second-order valence-corrected chi connectivity index (χ2v) is 7.41. The summed E-state index contributed by atoms with van der Waals surface area (Å²) in [5.74, 6) is -1.93. The molecule has 1 saturated heterocycles. The first-order chi connectivity index (χ1) is 11.5. The first kappa shape index (κ1) is 21.3. The molecule has 3 N–H and O–H groups in total. The van der Waals surface area contributed by atoms with Crippen molar-refractivity contribution in [3.8, 4) is 0 Å². The minimum absolute atomic E-state index is 0.0943. The van der Waals surface area contributed by atoms with Crippen molar-refractivity contribution in [3.05, 3.63) is 0 Å². The zero-order chi connectivity index (χ0) is 19.0. The van der Waals surface area contributed by atoms with Crippen molar-refractivity contribution in [2.24, 2.45) is 0 Å². The van der Waals surface area contributed by atoms with Gasteiger partial charge in [-0.2, -0.15) is 0 Å². The highest BCUT2D eigenvalue weighted by Gasteiger charge is 2.21. The third-order valence-electron chi connectivity index (χ3n) is 3.80. The SMILES string of the molecule is CC(C)(C)NC(=O)CN1CCN(CC(=O)O)CCN(CC(=O)O)CC1. The third-order valence-corrected chi connectivity index (χ3v) is 3.80. The van der Waals surface area contributed by atoms with Crippen LogP contribution >= 0.6 is 0 Å². The summed E-state index contributed by atoms with van der Waals surface area (Å²) < 4.78 is 0. The lowest BCUT2D eigenvalue weighted by atomic mass is 10.1. The van der Waals surface area contributed by atoms with Gasteiger partial charge in [0, 0.05) is 44.8 Å². The number of carbonyl (C=O) groups is 3. The molecule has 0 radical (unpaired) electrons. The predicted octanol–water partition coefficient (Wildman–Crippen LogP) is -1.01. The average molecular weight is 358 g/mol. The number of amides is 1. The molecule has 1 amide bonds. The van der Waals surface area contributed by atoms with Gasteiger partial charge in [0.25, 0.3) is 0 Å². The maximum Gasteiger partial charge on any atom is 0.317 e. The van der Waals surface area contributed by atoms with Gasteiger partial charge in [-0.25, -0.2) is 0 Å². The largest absolute Gasteiger partial charge is 0.480 e. The molecule has 0 bridgehead atoms. The Hall–Kier alpha value is -1.71. The van der Waals surface area contributed by atoms with E-state index < -0.39 is 11.9 Å². The van der Waals surface area contributed by atoms with E-state index in [0.29, 0.717) is 39.3 Å². The average Bonchev–Trinajstić information content (AvgIpc) is 2.50. The molecule has 1 heterocycles. The summed E-state index contributed by atoms with van der Waals surface area (Å²) in [6.07, 6.45) is 0. The highest BCUT2D eigenvalue weighted by molar-refractivity contribution is 5.78. The van der Waals surface area contributed by atoms with Gasteiger partial charge in [-0.3, -0.25) is 29.1 Å². The van der Waals surface area contributed by atoms with Crippen LogP contribution in [-0.2, 0) is 14.4 Å². The molecule has 0 atom stereocenters. The van der Waals surface area contributed by atoms with Crippen LogP contribution in [0.2, 0.25) is 0 Å². The fourth-order valence-electron chi connectivity index (χ4n) is 2.70. The molecule has 144 valence electrons. The van der Waals surface area contributed by atoms with Crippen LogP contribution in [-0.4, -0.2) is 107 Å². The Kier molecular flexibility index (Phi) is 8.27. The van der Waals surface area contributed by atoms with E-state index >= 15 is 0 Å². The summed E-state index contributed by atoms with van der Waals surface area (Å²) in [5, 5.41) is 21.0. The lowest BCUT2D eigenvalue weighted by Crippen LogP contribution is -2.48. The smallest absolute Gasteiger partial charge is 0.317 e. The molecule has 0 spiro atoms. The van der Waals surface area contributed by atoms with E-state index in [1.54, 1.807) is 9.80 Å². The van der Waals surface area contributed by atoms with Gasteiger partial charge in [0.1, 0.15) is 0 Å². The zero-order valence-corrected chi connectivity index (χ0v) is 15.3. The fraction of sp³-hybridized carbons (Fsp3) is 0.812. The van der Waals surface area contributed by atoms with Crippen molar-refractivity contribution in [1.29, 1.82) is 0 Å². The van der Waals surface area contributed by atoms with Crippen LogP contribution in [0, 0.1) is 0 Å². The number of nitrogens with zero attached hydrogens (tertiary/aromatic N) is 3. The van der Waals surface area contributed by atoms with Gasteiger partial charge in [-0.15, -0.1) is 0 Å². The fourth-order valence-corrected chi connectivity index (χ4v) is 2.70. The van der Waals surface area contributed by atoms with Gasteiger partial charge < -0.3 is 15.5 Å². The van der Waals surface area contributed by atoms with Gasteiger partial charge >= 0.3 is 11.9 Å². The standard InChI is InChI=1S/C16H30N4O5/c1-16(2,3)17-13(21)10-18-4-6-19(11-14(22)23)8-9-20(7-5-18)12-15(24)25/h4-12H2,1-3H3,(H,17,21)(H,22,23)(H,24,25). The molecule has 0 aromatic carbocycles. The zero-order valence-electron chi connectivity index (χ0n) is 15.3. The minimum atomic E-state index is -0.916. The molecule has 9 nitrogen and oxygen atoms in total. The summed E-state index contributed by atoms with van der Waals surface area (Å²) in [7, 11) is 0. The molecule has 25 heavy (non-hydrogen) atoms. The van der Waals surface area contributed by atoms with Crippen molar-refractivity contribution < 1.29 is 24.6 Å². The van der Waals surface area contributed by atoms with Crippen molar-refractivity contribution in [1.82, 2.24) is 20.0 Å². The number of carbonyl (C=O) groups excluding carboxylic acids is 1. The Morgan fingerprint density at radius 2 is 1.08 bits per heavy atom. The first-order valence-electron chi connectivity index (χ1n) is 8.47. The minimum Gasteiger partial charge on any atom is -0.480 e. The quantitative estimate of drug-likeness (QED) is 0.554. The number of rotatable bonds is 6. The number of carboxylic acid groups (broad SMARTS) is 2. The molecule has 1 rings (SSSR count). The summed E-state index contributed by atoms with van der Waals surface area (Å²) in [6, 6.07) is 0. The van der Waals surface area contributed by atoms with E-state index in [1.165, 1.54) is 0 Å². The van der Waals surface area contributed by atoms with Crippen molar-refractivity contribution in [2.75, 3.05) is 58.9 Å². The van der Waals surface area contributed by atoms with Crippen molar-refractivity contribution in [2.45, 2.75) is 26.3 Å². The summed E-state index contributed by atoms with van der Waals surface area (Å²) in [4.78, 5) is 39.7. The number of aliphatic carboxylic acids is 2. The van der Waals surface area contributed by atoms with Crippen LogP contribution in [0.15, 0.2) is 0 Å². The summed E-state index contributed by atoms with van der Waals surface area (Å²) >= 11 is 0. The molecule has 0 saturated carbocycles. The molecule has 0 aromatic rings. The van der Waals surface area contributed by atoms with Gasteiger partial charge in [-0.1, -0.05) is 0 Å². The molecule has 1 aliphatic rings. The second kappa shape index (κ2) is 9.69. The monoisotopic (exact) mass is 358 g/mol. The number of hydrogen-bond donors (Lipinski definition) is 3. The van der Waals surface area contributed by atoms with E-state index in [0.717, 1.165) is 0 Å². The van der Waals surface area contributed by atoms with Crippen LogP contribution in [0.1, 0.15) is 20.8 Å². The molecular weight excluding hydrogens is 328 g/mol. The molecule has 0 unspecified atom stereocenters. The first-order valence-corrected chi connectivity index (χ1v) is 8.47. The van der Waals surface area contributed by atoms with Crippen LogP contribution in [0.25, 0.3) is 0 Å². The molecular formula is C16H30N4O5. The highest BCUT2D eigenvalue weighted by Crippen LogP contribution is 2.03. The van der Waals surface area contributed by atoms with E-state index in [9.17, 15) is 14.4 Å². The number of carboxylic acids is 2. The number of hydrogen-bond acceptors (Lipinski definition) is 6. The van der Waals surface area contributed by atoms with Crippen molar-refractivity contribution in [3.63, 3.8) is 0 Å². The summed E-state index contributed by atoms with van der Waals surface area (Å²) in [5.41, 5.74) is -0.318. The van der Waals surface area contributed by atoms with Crippen molar-refractivity contribution >= 4 is 17.8 Å².